The Kier molecular flexibility index (Phi) is 3.11. The lowest BCUT2D eigenvalue weighted by Gasteiger charge is -2.22. The lowest BCUT2D eigenvalue weighted by molar-refractivity contribution is 0.461. The Hall–Kier alpha value is -0.810. The number of hydrogen-bond acceptors (Lipinski definition) is 3. The molecule has 15 heavy (non-hydrogen) atoms. The minimum Gasteiger partial charge on any atom is -0.364 e. The van der Waals surface area contributed by atoms with Gasteiger partial charge in [-0.3, -0.25) is 0 Å². The monoisotopic (exact) mass is 228 g/mol. The smallest absolute Gasteiger partial charge is 0.150 e. The third-order valence-electron chi connectivity index (χ3n) is 2.80. The molecule has 0 aliphatic carbocycles. The van der Waals surface area contributed by atoms with E-state index >= 15 is 0 Å². The predicted octanol–water partition coefficient (Wildman–Crippen LogP) is 0.681. The van der Waals surface area contributed by atoms with Gasteiger partial charge in [0, 0.05) is 24.5 Å². The van der Waals surface area contributed by atoms with Crippen LogP contribution in [0.1, 0.15) is 18.5 Å². The van der Waals surface area contributed by atoms with Crippen LogP contribution in [0.4, 0.5) is 0 Å². The first-order valence-electron chi connectivity index (χ1n) is 5.22. The molecule has 5 heteroatoms. The molecular formula is C10H16N2O2S. The fraction of sp³-hybridized carbons (Fsp3) is 0.600. The van der Waals surface area contributed by atoms with Crippen LogP contribution in [0.5, 0.6) is 0 Å². The maximum atomic E-state index is 11.2. The van der Waals surface area contributed by atoms with Crippen LogP contribution in [-0.2, 0) is 16.4 Å². The van der Waals surface area contributed by atoms with Crippen molar-refractivity contribution in [1.82, 2.24) is 10.3 Å². The summed E-state index contributed by atoms with van der Waals surface area (Å²) in [4.78, 5) is 3.11. The molecule has 0 spiro atoms. The van der Waals surface area contributed by atoms with Crippen LogP contribution in [0.3, 0.4) is 0 Å². The second-order valence-corrected chi connectivity index (χ2v) is 6.31. The first-order chi connectivity index (χ1) is 7.16. The van der Waals surface area contributed by atoms with Gasteiger partial charge in [-0.2, -0.15) is 0 Å². The zero-order valence-corrected chi connectivity index (χ0v) is 9.39. The maximum Gasteiger partial charge on any atom is 0.150 e. The van der Waals surface area contributed by atoms with Gasteiger partial charge in [0.05, 0.1) is 11.5 Å². The second kappa shape index (κ2) is 4.37. The lowest BCUT2D eigenvalue weighted by atomic mass is 10.1. The normalized spacial score (nSPS) is 21.6. The first kappa shape index (κ1) is 10.7. The third-order valence-corrected chi connectivity index (χ3v) is 4.51. The number of nitrogens with one attached hydrogen (secondary N) is 2. The van der Waals surface area contributed by atoms with Gasteiger partial charge in [0.15, 0.2) is 0 Å². The van der Waals surface area contributed by atoms with Gasteiger partial charge in [0.1, 0.15) is 9.84 Å². The second-order valence-electron chi connectivity index (χ2n) is 4.00. The average molecular weight is 228 g/mol. The maximum absolute atomic E-state index is 11.2. The van der Waals surface area contributed by atoms with E-state index in [2.05, 4.69) is 10.3 Å². The van der Waals surface area contributed by atoms with Crippen LogP contribution in [0.15, 0.2) is 18.3 Å². The fourth-order valence-electron chi connectivity index (χ4n) is 1.83. The Morgan fingerprint density at radius 3 is 2.73 bits per heavy atom. The highest BCUT2D eigenvalue weighted by Gasteiger charge is 2.22. The van der Waals surface area contributed by atoms with E-state index < -0.39 is 9.84 Å². The summed E-state index contributed by atoms with van der Waals surface area (Å²) in [5, 5.41) is 3.37. The summed E-state index contributed by atoms with van der Waals surface area (Å²) in [5.41, 5.74) is 1.14. The summed E-state index contributed by atoms with van der Waals surface area (Å²) in [5.74, 6) is 0.658. The van der Waals surface area contributed by atoms with Crippen molar-refractivity contribution in [3.8, 4) is 0 Å². The van der Waals surface area contributed by atoms with Gasteiger partial charge in [-0.15, -0.1) is 0 Å². The Balaban J connectivity index is 1.78. The van der Waals surface area contributed by atoms with Crippen molar-refractivity contribution in [3.63, 3.8) is 0 Å². The van der Waals surface area contributed by atoms with Crippen LogP contribution < -0.4 is 5.32 Å². The Bertz CT molecular complexity index is 383. The summed E-state index contributed by atoms with van der Waals surface area (Å²) >= 11 is 0. The van der Waals surface area contributed by atoms with Crippen LogP contribution in [0.2, 0.25) is 0 Å². The number of aromatic amines is 1. The molecule has 84 valence electrons. The highest BCUT2D eigenvalue weighted by Crippen LogP contribution is 2.12. The molecule has 0 unspecified atom stereocenters. The summed E-state index contributed by atoms with van der Waals surface area (Å²) in [6.07, 6.45) is 3.37. The molecule has 1 aromatic rings. The van der Waals surface area contributed by atoms with Gasteiger partial charge in [-0.05, 0) is 25.0 Å². The van der Waals surface area contributed by atoms with E-state index in [0.717, 1.165) is 25.1 Å². The summed E-state index contributed by atoms with van der Waals surface area (Å²) in [6, 6.07) is 4.33. The van der Waals surface area contributed by atoms with E-state index in [4.69, 9.17) is 0 Å². The molecule has 2 heterocycles. The molecule has 1 aromatic heterocycles. The number of H-pyrrole nitrogens is 1. The summed E-state index contributed by atoms with van der Waals surface area (Å²) in [6.45, 7) is 0.789. The van der Waals surface area contributed by atoms with Crippen molar-refractivity contribution < 1.29 is 8.42 Å². The van der Waals surface area contributed by atoms with Crippen LogP contribution >= 0.6 is 0 Å². The van der Waals surface area contributed by atoms with Gasteiger partial charge < -0.3 is 10.3 Å². The van der Waals surface area contributed by atoms with E-state index in [1.54, 1.807) is 0 Å². The molecule has 0 aromatic carbocycles. The van der Waals surface area contributed by atoms with Gasteiger partial charge >= 0.3 is 0 Å². The Morgan fingerprint density at radius 2 is 2.13 bits per heavy atom. The van der Waals surface area contributed by atoms with Crippen molar-refractivity contribution >= 4 is 9.84 Å². The number of rotatable bonds is 3. The van der Waals surface area contributed by atoms with E-state index in [1.165, 1.54) is 0 Å². The highest BCUT2D eigenvalue weighted by molar-refractivity contribution is 7.91. The number of sulfone groups is 1. The van der Waals surface area contributed by atoms with Gasteiger partial charge in [-0.25, -0.2) is 8.42 Å². The standard InChI is InChI=1S/C10H16N2O2S/c13-15(14)6-3-9(4-7-15)12-8-10-2-1-5-11-10/h1-2,5,9,11-12H,3-4,6-8H2. The molecule has 0 radical (unpaired) electrons. The molecule has 1 fully saturated rings. The van der Waals surface area contributed by atoms with Crippen molar-refractivity contribution in [2.45, 2.75) is 25.4 Å². The molecule has 0 amide bonds. The predicted molar refractivity (Wildman–Crippen MR) is 59.3 cm³/mol. The largest absolute Gasteiger partial charge is 0.364 e. The number of hydrogen-bond donors (Lipinski definition) is 2. The van der Waals surface area contributed by atoms with Crippen molar-refractivity contribution in [2.75, 3.05) is 11.5 Å². The Labute approximate surface area is 90.0 Å². The molecule has 1 aliphatic heterocycles. The van der Waals surface area contributed by atoms with Crippen LogP contribution in [0, 0.1) is 0 Å². The summed E-state index contributed by atoms with van der Waals surface area (Å²) < 4.78 is 22.4. The quantitative estimate of drug-likeness (QED) is 0.800. The van der Waals surface area contributed by atoms with Gasteiger partial charge in [0.25, 0.3) is 0 Å². The lowest BCUT2D eigenvalue weighted by Crippen LogP contribution is -2.37. The molecular weight excluding hydrogens is 212 g/mol. The third kappa shape index (κ3) is 3.07. The van der Waals surface area contributed by atoms with E-state index in [1.807, 2.05) is 18.3 Å². The minimum atomic E-state index is -2.74. The molecule has 2 rings (SSSR count). The SMILES string of the molecule is O=S1(=O)CCC(NCc2ccc[nH]2)CC1. The summed E-state index contributed by atoms with van der Waals surface area (Å²) in [7, 11) is -2.74. The minimum absolute atomic E-state index is 0.329. The highest BCUT2D eigenvalue weighted by atomic mass is 32.2. The molecule has 4 nitrogen and oxygen atoms in total. The molecule has 1 saturated heterocycles. The van der Waals surface area contributed by atoms with Crippen molar-refractivity contribution in [3.05, 3.63) is 24.0 Å². The van der Waals surface area contributed by atoms with E-state index in [9.17, 15) is 8.42 Å². The average Bonchev–Trinajstić information content (AvgIpc) is 2.69. The molecule has 0 bridgehead atoms. The molecule has 2 N–H and O–H groups in total. The topological polar surface area (TPSA) is 62.0 Å². The van der Waals surface area contributed by atoms with E-state index in [-0.39, 0.29) is 0 Å². The van der Waals surface area contributed by atoms with Crippen LogP contribution in [0.25, 0.3) is 0 Å². The van der Waals surface area contributed by atoms with Crippen molar-refractivity contribution in [2.24, 2.45) is 0 Å². The molecule has 0 atom stereocenters. The first-order valence-corrected chi connectivity index (χ1v) is 7.04. The van der Waals surface area contributed by atoms with E-state index in [0.29, 0.717) is 17.5 Å². The van der Waals surface area contributed by atoms with Crippen LogP contribution in [-0.4, -0.2) is 30.9 Å². The van der Waals surface area contributed by atoms with Gasteiger partial charge in [-0.1, -0.05) is 0 Å². The fourth-order valence-corrected chi connectivity index (χ4v) is 3.32. The van der Waals surface area contributed by atoms with Gasteiger partial charge in [0.2, 0.25) is 0 Å². The zero-order valence-electron chi connectivity index (χ0n) is 8.57. The van der Waals surface area contributed by atoms with Crippen molar-refractivity contribution in [1.29, 1.82) is 0 Å². The number of aromatic nitrogens is 1. The zero-order chi connectivity index (χ0) is 10.7. The molecule has 0 saturated carbocycles. The molecule has 1 aliphatic rings. The Morgan fingerprint density at radius 1 is 1.40 bits per heavy atom.